The van der Waals surface area contributed by atoms with Gasteiger partial charge in [-0.15, -0.1) is 20.4 Å². The fourth-order valence-electron chi connectivity index (χ4n) is 2.02. The van der Waals surface area contributed by atoms with Gasteiger partial charge in [0, 0.05) is 24.1 Å². The smallest absolute Gasteiger partial charge is 0.226 e. The molecule has 0 radical (unpaired) electrons. The average molecular weight is 336 g/mol. The van der Waals surface area contributed by atoms with Crippen LogP contribution in [-0.2, 0) is 12.3 Å². The molecule has 6 nitrogen and oxygen atoms in total. The molecule has 0 saturated heterocycles. The summed E-state index contributed by atoms with van der Waals surface area (Å²) in [6, 6.07) is 7.57. The molecule has 114 valence electrons. The predicted octanol–water partition coefficient (Wildman–Crippen LogP) is 3.60. The molecule has 2 aromatic heterocycles. The van der Waals surface area contributed by atoms with Crippen LogP contribution in [0.5, 0.6) is 0 Å². The largest absolute Gasteiger partial charge is 0.425 e. The van der Waals surface area contributed by atoms with Crippen molar-refractivity contribution in [2.45, 2.75) is 31.3 Å². The van der Waals surface area contributed by atoms with Gasteiger partial charge in [-0.3, -0.25) is 0 Å². The monoisotopic (exact) mass is 335 g/mol. The Morgan fingerprint density at radius 1 is 1.14 bits per heavy atom. The van der Waals surface area contributed by atoms with Gasteiger partial charge in [0.2, 0.25) is 11.8 Å². The third kappa shape index (κ3) is 3.15. The summed E-state index contributed by atoms with van der Waals surface area (Å²) in [6.07, 6.45) is 0. The zero-order valence-electron chi connectivity index (χ0n) is 12.2. The number of aryl methyl sites for hydroxylation is 1. The second kappa shape index (κ2) is 6.50. The third-order valence-corrected chi connectivity index (χ3v) is 4.23. The van der Waals surface area contributed by atoms with E-state index >= 15 is 0 Å². The summed E-state index contributed by atoms with van der Waals surface area (Å²) in [6.45, 7) is 4.61. The van der Waals surface area contributed by atoms with Crippen LogP contribution in [0.25, 0.3) is 11.4 Å². The zero-order valence-corrected chi connectivity index (χ0v) is 13.7. The van der Waals surface area contributed by atoms with Gasteiger partial charge in [-0.1, -0.05) is 23.4 Å². The minimum Gasteiger partial charge on any atom is -0.425 e. The van der Waals surface area contributed by atoms with Gasteiger partial charge in [0.1, 0.15) is 0 Å². The van der Waals surface area contributed by atoms with Crippen LogP contribution in [0.15, 0.2) is 33.8 Å². The lowest BCUT2D eigenvalue weighted by atomic mass is 10.2. The first-order valence-corrected chi connectivity index (χ1v) is 8.14. The maximum atomic E-state index is 5.93. The van der Waals surface area contributed by atoms with Crippen molar-refractivity contribution in [3.05, 3.63) is 41.1 Å². The van der Waals surface area contributed by atoms with Crippen LogP contribution in [-0.4, -0.2) is 25.0 Å². The second-order valence-electron chi connectivity index (χ2n) is 4.56. The normalized spacial score (nSPS) is 11.0. The average Bonchev–Trinajstić information content (AvgIpc) is 3.11. The number of rotatable bonds is 5. The Hall–Kier alpha value is -1.86. The molecule has 3 aromatic rings. The van der Waals surface area contributed by atoms with Crippen LogP contribution in [0.1, 0.15) is 18.7 Å². The standard InChI is InChI=1S/C14H14ClN5OS/c1-3-20-13(10-4-6-11(15)7-5-10)18-19-14(20)22-8-12-17-16-9(2)21-12/h4-7H,3,8H2,1-2H3. The second-order valence-corrected chi connectivity index (χ2v) is 5.94. The van der Waals surface area contributed by atoms with Crippen molar-refractivity contribution in [2.75, 3.05) is 0 Å². The molecule has 0 aliphatic carbocycles. The van der Waals surface area contributed by atoms with Gasteiger partial charge in [-0.25, -0.2) is 0 Å². The van der Waals surface area contributed by atoms with Gasteiger partial charge in [0.25, 0.3) is 0 Å². The lowest BCUT2D eigenvalue weighted by Crippen LogP contribution is -1.99. The molecule has 0 N–H and O–H groups in total. The predicted molar refractivity (Wildman–Crippen MR) is 84.7 cm³/mol. The van der Waals surface area contributed by atoms with Gasteiger partial charge in [0.15, 0.2) is 11.0 Å². The van der Waals surface area contributed by atoms with Crippen molar-refractivity contribution in [1.82, 2.24) is 25.0 Å². The van der Waals surface area contributed by atoms with Gasteiger partial charge >= 0.3 is 0 Å². The van der Waals surface area contributed by atoms with Gasteiger partial charge < -0.3 is 8.98 Å². The quantitative estimate of drug-likeness (QED) is 0.663. The summed E-state index contributed by atoms with van der Waals surface area (Å²) in [5, 5.41) is 17.9. The van der Waals surface area contributed by atoms with E-state index in [1.807, 2.05) is 24.3 Å². The van der Waals surface area contributed by atoms with E-state index in [4.69, 9.17) is 16.0 Å². The summed E-state index contributed by atoms with van der Waals surface area (Å²) in [4.78, 5) is 0. The lowest BCUT2D eigenvalue weighted by Gasteiger charge is -2.06. The molecule has 3 rings (SSSR count). The summed E-state index contributed by atoms with van der Waals surface area (Å²) in [5.41, 5.74) is 0.985. The molecule has 0 fully saturated rings. The molecule has 22 heavy (non-hydrogen) atoms. The van der Waals surface area contributed by atoms with E-state index in [9.17, 15) is 0 Å². The van der Waals surface area contributed by atoms with E-state index in [2.05, 4.69) is 31.9 Å². The summed E-state index contributed by atoms with van der Waals surface area (Å²) in [7, 11) is 0. The topological polar surface area (TPSA) is 69.6 Å². The van der Waals surface area contributed by atoms with E-state index in [0.717, 1.165) is 23.1 Å². The van der Waals surface area contributed by atoms with Crippen molar-refractivity contribution in [1.29, 1.82) is 0 Å². The lowest BCUT2D eigenvalue weighted by molar-refractivity contribution is 0.485. The fourth-order valence-corrected chi connectivity index (χ4v) is 2.98. The first-order valence-electron chi connectivity index (χ1n) is 6.78. The molecular weight excluding hydrogens is 322 g/mol. The number of benzene rings is 1. The van der Waals surface area contributed by atoms with E-state index in [1.165, 1.54) is 11.8 Å². The summed E-state index contributed by atoms with van der Waals surface area (Å²) < 4.78 is 7.42. The van der Waals surface area contributed by atoms with E-state index in [0.29, 0.717) is 22.6 Å². The van der Waals surface area contributed by atoms with Crippen LogP contribution in [0.2, 0.25) is 5.02 Å². The Balaban J connectivity index is 1.82. The van der Waals surface area contributed by atoms with Crippen molar-refractivity contribution in [2.24, 2.45) is 0 Å². The number of hydrogen-bond acceptors (Lipinski definition) is 6. The van der Waals surface area contributed by atoms with E-state index < -0.39 is 0 Å². The van der Waals surface area contributed by atoms with Gasteiger partial charge in [0.05, 0.1) is 5.75 Å². The highest BCUT2D eigenvalue weighted by atomic mass is 35.5. The number of nitrogens with zero attached hydrogens (tertiary/aromatic N) is 5. The van der Waals surface area contributed by atoms with Gasteiger partial charge in [-0.2, -0.15) is 0 Å². The van der Waals surface area contributed by atoms with E-state index in [1.54, 1.807) is 6.92 Å². The molecule has 0 amide bonds. The number of aromatic nitrogens is 5. The molecule has 2 heterocycles. The Morgan fingerprint density at radius 2 is 1.91 bits per heavy atom. The fraction of sp³-hybridized carbons (Fsp3) is 0.286. The molecule has 8 heteroatoms. The molecule has 0 atom stereocenters. The molecule has 0 bridgehead atoms. The highest BCUT2D eigenvalue weighted by molar-refractivity contribution is 7.98. The molecule has 0 aliphatic heterocycles. The minimum absolute atomic E-state index is 0.564. The minimum atomic E-state index is 0.564. The third-order valence-electron chi connectivity index (χ3n) is 3.03. The number of halogens is 1. The Bertz CT molecular complexity index is 768. The van der Waals surface area contributed by atoms with Crippen LogP contribution in [0.4, 0.5) is 0 Å². The van der Waals surface area contributed by atoms with Crippen LogP contribution in [0, 0.1) is 6.92 Å². The van der Waals surface area contributed by atoms with Gasteiger partial charge in [-0.05, 0) is 31.2 Å². The molecular formula is C14H14ClN5OS. The van der Waals surface area contributed by atoms with Crippen LogP contribution in [0.3, 0.4) is 0 Å². The molecule has 0 unspecified atom stereocenters. The highest BCUT2D eigenvalue weighted by Gasteiger charge is 2.14. The van der Waals surface area contributed by atoms with Crippen molar-refractivity contribution in [3.8, 4) is 11.4 Å². The Morgan fingerprint density at radius 3 is 2.55 bits per heavy atom. The number of thioether (sulfide) groups is 1. The van der Waals surface area contributed by atoms with E-state index in [-0.39, 0.29) is 0 Å². The Kier molecular flexibility index (Phi) is 4.44. The summed E-state index contributed by atoms with van der Waals surface area (Å²) in [5.74, 6) is 2.54. The first-order chi connectivity index (χ1) is 10.7. The van der Waals surface area contributed by atoms with Crippen LogP contribution < -0.4 is 0 Å². The maximum Gasteiger partial charge on any atom is 0.226 e. The van der Waals surface area contributed by atoms with Crippen molar-refractivity contribution < 1.29 is 4.42 Å². The SMILES string of the molecule is CCn1c(SCc2nnc(C)o2)nnc1-c1ccc(Cl)cc1. The zero-order chi connectivity index (χ0) is 15.5. The molecule has 0 spiro atoms. The molecule has 0 aliphatic rings. The highest BCUT2D eigenvalue weighted by Crippen LogP contribution is 2.26. The Labute approximate surface area is 136 Å². The van der Waals surface area contributed by atoms with Crippen LogP contribution >= 0.6 is 23.4 Å². The van der Waals surface area contributed by atoms with Crippen molar-refractivity contribution in [3.63, 3.8) is 0 Å². The van der Waals surface area contributed by atoms with Crippen molar-refractivity contribution >= 4 is 23.4 Å². The molecule has 1 aromatic carbocycles. The summed E-state index contributed by atoms with van der Waals surface area (Å²) >= 11 is 7.45. The maximum absolute atomic E-state index is 5.93. The first kappa shape index (κ1) is 15.1. The number of hydrogen-bond donors (Lipinski definition) is 0. The molecule has 0 saturated carbocycles.